The number of amides is 1. The second kappa shape index (κ2) is 8.88. The zero-order chi connectivity index (χ0) is 23.7. The number of anilines is 1. The highest BCUT2D eigenvalue weighted by Gasteiger charge is 2.51. The Balaban J connectivity index is 1.68. The molecule has 0 unspecified atom stereocenters. The van der Waals surface area contributed by atoms with Crippen molar-refractivity contribution in [2.75, 3.05) is 5.32 Å². The molecule has 2 aromatic carbocycles. The van der Waals surface area contributed by atoms with Gasteiger partial charge in [0, 0.05) is 11.1 Å². The molecule has 174 valence electrons. The van der Waals surface area contributed by atoms with Gasteiger partial charge in [0.15, 0.2) is 0 Å². The van der Waals surface area contributed by atoms with Gasteiger partial charge in [0.25, 0.3) is 0 Å². The number of aryl methyl sites for hydroxylation is 1. The van der Waals surface area contributed by atoms with E-state index in [0.29, 0.717) is 18.8 Å². The summed E-state index contributed by atoms with van der Waals surface area (Å²) in [6.07, 6.45) is 4.71. The van der Waals surface area contributed by atoms with Crippen LogP contribution in [-0.2, 0) is 23.0 Å². The summed E-state index contributed by atoms with van der Waals surface area (Å²) in [6, 6.07) is 16.9. The summed E-state index contributed by atoms with van der Waals surface area (Å²) in [7, 11) is 0. The van der Waals surface area contributed by atoms with Gasteiger partial charge in [0.05, 0.1) is 0 Å². The van der Waals surface area contributed by atoms with Gasteiger partial charge < -0.3 is 9.84 Å². The van der Waals surface area contributed by atoms with Crippen LogP contribution in [0.1, 0.15) is 70.1 Å². The molecule has 2 aliphatic rings. The molecule has 4 nitrogen and oxygen atoms in total. The first-order valence-electron chi connectivity index (χ1n) is 12.0. The quantitative estimate of drug-likeness (QED) is 0.569. The zero-order valence-corrected chi connectivity index (χ0v) is 20.2. The van der Waals surface area contributed by atoms with E-state index >= 15 is 0 Å². The predicted molar refractivity (Wildman–Crippen MR) is 132 cm³/mol. The van der Waals surface area contributed by atoms with Crippen LogP contribution in [0.5, 0.6) is 0 Å². The summed E-state index contributed by atoms with van der Waals surface area (Å²) in [6.45, 7) is 7.39. The van der Waals surface area contributed by atoms with Crippen LogP contribution >= 0.6 is 0 Å². The van der Waals surface area contributed by atoms with Crippen molar-refractivity contribution in [2.45, 2.75) is 82.8 Å². The van der Waals surface area contributed by atoms with Crippen LogP contribution in [0.2, 0.25) is 0 Å². The minimum Gasteiger partial charge on any atom is -0.444 e. The van der Waals surface area contributed by atoms with E-state index in [1.165, 1.54) is 16.7 Å². The first-order valence-corrected chi connectivity index (χ1v) is 12.0. The first-order chi connectivity index (χ1) is 15.6. The molecule has 2 aliphatic carbocycles. The lowest BCUT2D eigenvalue weighted by Crippen LogP contribution is -2.50. The lowest BCUT2D eigenvalue weighted by atomic mass is 9.52. The predicted octanol–water partition coefficient (Wildman–Crippen LogP) is 6.01. The highest BCUT2D eigenvalue weighted by Crippen LogP contribution is 2.54. The minimum atomic E-state index is -0.894. The van der Waals surface area contributed by atoms with Crippen molar-refractivity contribution in [3.63, 3.8) is 0 Å². The number of carbonyl (C=O) groups excluding carboxylic acids is 1. The van der Waals surface area contributed by atoms with Crippen LogP contribution in [0.15, 0.2) is 48.5 Å². The molecule has 0 spiro atoms. The van der Waals surface area contributed by atoms with Gasteiger partial charge in [-0.15, -0.1) is 5.92 Å². The average molecular weight is 446 g/mol. The van der Waals surface area contributed by atoms with E-state index in [0.717, 1.165) is 31.4 Å². The smallest absolute Gasteiger partial charge is 0.412 e. The maximum Gasteiger partial charge on any atom is 0.412 e. The molecule has 0 saturated heterocycles. The van der Waals surface area contributed by atoms with E-state index < -0.39 is 17.3 Å². The summed E-state index contributed by atoms with van der Waals surface area (Å²) in [5.41, 5.74) is 3.24. The molecule has 0 radical (unpaired) electrons. The average Bonchev–Trinajstić information content (AvgIpc) is 2.73. The van der Waals surface area contributed by atoms with Crippen LogP contribution < -0.4 is 5.32 Å². The topological polar surface area (TPSA) is 58.6 Å². The fraction of sp³-hybridized carbons (Fsp3) is 0.483. The van der Waals surface area contributed by atoms with Gasteiger partial charge in [-0.25, -0.2) is 4.79 Å². The fourth-order valence-corrected chi connectivity index (χ4v) is 5.82. The summed E-state index contributed by atoms with van der Waals surface area (Å²) < 4.78 is 5.43. The monoisotopic (exact) mass is 445 g/mol. The third-order valence-electron chi connectivity index (χ3n) is 7.12. The van der Waals surface area contributed by atoms with Gasteiger partial charge in [-0.3, -0.25) is 5.32 Å². The highest BCUT2D eigenvalue weighted by molar-refractivity contribution is 5.85. The Kier molecular flexibility index (Phi) is 6.29. The molecule has 3 atom stereocenters. The number of benzene rings is 2. The van der Waals surface area contributed by atoms with Crippen molar-refractivity contribution in [1.29, 1.82) is 0 Å². The van der Waals surface area contributed by atoms with Crippen LogP contribution in [0, 0.1) is 17.8 Å². The van der Waals surface area contributed by atoms with Crippen molar-refractivity contribution in [3.05, 3.63) is 65.2 Å². The molecular formula is C29H35NO3. The normalized spacial score (nSPS) is 26.3. The van der Waals surface area contributed by atoms with E-state index in [9.17, 15) is 9.90 Å². The molecule has 0 aromatic heterocycles. The minimum absolute atomic E-state index is 0.0406. The Morgan fingerprint density at radius 1 is 1.18 bits per heavy atom. The summed E-state index contributed by atoms with van der Waals surface area (Å²) in [4.78, 5) is 12.3. The number of hydrogen-bond acceptors (Lipinski definition) is 3. The number of hydrogen-bond donors (Lipinski definition) is 2. The molecule has 2 aromatic rings. The molecule has 0 aliphatic heterocycles. The second-order valence-corrected chi connectivity index (χ2v) is 10.7. The van der Waals surface area contributed by atoms with E-state index in [-0.39, 0.29) is 5.41 Å². The maximum atomic E-state index is 12.3. The fourth-order valence-electron chi connectivity index (χ4n) is 5.82. The first kappa shape index (κ1) is 23.4. The molecule has 1 amide bonds. The van der Waals surface area contributed by atoms with Crippen LogP contribution in [0.3, 0.4) is 0 Å². The van der Waals surface area contributed by atoms with Gasteiger partial charge >= 0.3 is 6.09 Å². The molecule has 0 heterocycles. The van der Waals surface area contributed by atoms with E-state index in [1.807, 2.05) is 26.8 Å². The third-order valence-corrected chi connectivity index (χ3v) is 7.12. The Morgan fingerprint density at radius 3 is 2.64 bits per heavy atom. The summed E-state index contributed by atoms with van der Waals surface area (Å²) in [5.74, 6) is 6.39. The van der Waals surface area contributed by atoms with Crippen molar-refractivity contribution in [3.8, 4) is 11.8 Å². The Bertz CT molecular complexity index is 1080. The Hall–Kier alpha value is -2.77. The van der Waals surface area contributed by atoms with Gasteiger partial charge in [-0.05, 0) is 101 Å². The standard InChI is InChI=1S/C29H35NO3/c1-5-15-28(32)16-17-29(19-21-9-7-6-8-10-21)23(20-28)12-11-22-18-24(13-14-25(22)29)30-26(31)33-27(2,3)4/h6-10,13-14,18,23,32H,11-12,16-17,19-20H2,1-4H3,(H,30,31)/t23-,28-,29+/m1/s1. The van der Waals surface area contributed by atoms with E-state index in [4.69, 9.17) is 4.74 Å². The molecular weight excluding hydrogens is 410 g/mol. The highest BCUT2D eigenvalue weighted by atomic mass is 16.6. The van der Waals surface area contributed by atoms with Crippen LogP contribution in [-0.4, -0.2) is 22.4 Å². The molecule has 4 heteroatoms. The number of aliphatic hydroxyl groups is 1. The molecule has 1 fully saturated rings. The van der Waals surface area contributed by atoms with Crippen molar-refractivity contribution in [1.82, 2.24) is 0 Å². The lowest BCUT2D eigenvalue weighted by Gasteiger charge is -2.52. The number of nitrogens with one attached hydrogen (secondary N) is 1. The van der Waals surface area contributed by atoms with Gasteiger partial charge in [0.1, 0.15) is 11.2 Å². The van der Waals surface area contributed by atoms with Crippen LogP contribution in [0.4, 0.5) is 10.5 Å². The van der Waals surface area contributed by atoms with Gasteiger partial charge in [-0.1, -0.05) is 42.3 Å². The molecule has 0 bridgehead atoms. The van der Waals surface area contributed by atoms with E-state index in [1.54, 1.807) is 6.92 Å². The summed E-state index contributed by atoms with van der Waals surface area (Å²) >= 11 is 0. The molecule has 1 saturated carbocycles. The Morgan fingerprint density at radius 2 is 1.94 bits per heavy atom. The molecule has 4 rings (SSSR count). The lowest BCUT2D eigenvalue weighted by molar-refractivity contribution is -0.00801. The van der Waals surface area contributed by atoms with Crippen molar-refractivity contribution in [2.24, 2.45) is 5.92 Å². The van der Waals surface area contributed by atoms with Gasteiger partial charge in [-0.2, -0.15) is 0 Å². The van der Waals surface area contributed by atoms with Crippen molar-refractivity contribution < 1.29 is 14.6 Å². The third kappa shape index (κ3) is 5.09. The number of carbonyl (C=O) groups is 1. The van der Waals surface area contributed by atoms with E-state index in [2.05, 4.69) is 59.6 Å². The number of rotatable bonds is 3. The molecule has 33 heavy (non-hydrogen) atoms. The zero-order valence-electron chi connectivity index (χ0n) is 20.2. The largest absolute Gasteiger partial charge is 0.444 e. The molecule has 2 N–H and O–H groups in total. The maximum absolute atomic E-state index is 12.3. The van der Waals surface area contributed by atoms with Crippen LogP contribution in [0.25, 0.3) is 0 Å². The Labute approximate surface area is 197 Å². The van der Waals surface area contributed by atoms with Crippen molar-refractivity contribution >= 4 is 11.8 Å². The number of fused-ring (bicyclic) bond motifs is 3. The SMILES string of the molecule is CC#C[C@@]1(O)CC[C@@]2(Cc3ccccc3)c3ccc(NC(=O)OC(C)(C)C)cc3CC[C@@H]2C1. The van der Waals surface area contributed by atoms with Gasteiger partial charge in [0.2, 0.25) is 0 Å². The summed E-state index contributed by atoms with van der Waals surface area (Å²) in [5, 5.41) is 14.0. The second-order valence-electron chi connectivity index (χ2n) is 10.7. The number of ether oxygens (including phenoxy) is 1.